The molecular formula is C18H29N7O2. The standard InChI is InChI=1S/C18H29N7O2/c26-17(13-25-14-19-20-21-25)22-10-5-16(6-11-22)24-9-3-4-15(12-24)18(27)23-7-1-2-8-23/h14-16H,1-13H2/t15-/m1/s1. The summed E-state index contributed by atoms with van der Waals surface area (Å²) in [5.74, 6) is 0.601. The average Bonchev–Trinajstić information content (AvgIpc) is 3.42. The second-order valence-electron chi connectivity index (χ2n) is 7.99. The van der Waals surface area contributed by atoms with E-state index in [0.717, 1.165) is 77.8 Å². The molecule has 0 aliphatic carbocycles. The molecule has 3 saturated heterocycles. The van der Waals surface area contributed by atoms with E-state index < -0.39 is 0 Å². The van der Waals surface area contributed by atoms with Gasteiger partial charge in [-0.05, 0) is 55.5 Å². The predicted molar refractivity (Wildman–Crippen MR) is 97.5 cm³/mol. The lowest BCUT2D eigenvalue weighted by molar-refractivity contribution is -0.136. The van der Waals surface area contributed by atoms with E-state index in [-0.39, 0.29) is 18.4 Å². The molecule has 3 aliphatic heterocycles. The topological polar surface area (TPSA) is 87.5 Å². The number of amides is 2. The maximum absolute atomic E-state index is 12.7. The summed E-state index contributed by atoms with van der Waals surface area (Å²) in [6.45, 7) is 5.59. The molecule has 9 heteroatoms. The summed E-state index contributed by atoms with van der Waals surface area (Å²) in [6, 6.07) is 0.483. The number of hydrogen-bond donors (Lipinski definition) is 0. The lowest BCUT2D eigenvalue weighted by Gasteiger charge is -2.42. The van der Waals surface area contributed by atoms with Gasteiger partial charge in [0.2, 0.25) is 11.8 Å². The predicted octanol–water partition coefficient (Wildman–Crippen LogP) is -0.00150. The van der Waals surface area contributed by atoms with E-state index in [4.69, 9.17) is 0 Å². The van der Waals surface area contributed by atoms with Gasteiger partial charge in [-0.3, -0.25) is 14.5 Å². The van der Waals surface area contributed by atoms with Gasteiger partial charge in [-0.15, -0.1) is 5.10 Å². The number of aromatic nitrogens is 4. The Balaban J connectivity index is 1.26. The van der Waals surface area contributed by atoms with E-state index in [2.05, 4.69) is 25.3 Å². The molecule has 0 aromatic carbocycles. The fourth-order valence-corrected chi connectivity index (χ4v) is 4.71. The van der Waals surface area contributed by atoms with Crippen LogP contribution >= 0.6 is 0 Å². The molecule has 27 heavy (non-hydrogen) atoms. The number of carbonyl (C=O) groups excluding carboxylic acids is 2. The third-order valence-electron chi connectivity index (χ3n) is 6.24. The van der Waals surface area contributed by atoms with Crippen molar-refractivity contribution < 1.29 is 9.59 Å². The van der Waals surface area contributed by atoms with Crippen LogP contribution in [0.25, 0.3) is 0 Å². The molecule has 4 rings (SSSR count). The van der Waals surface area contributed by atoms with Crippen molar-refractivity contribution in [1.29, 1.82) is 0 Å². The van der Waals surface area contributed by atoms with Crippen molar-refractivity contribution in [1.82, 2.24) is 34.9 Å². The number of likely N-dealkylation sites (tertiary alicyclic amines) is 3. The van der Waals surface area contributed by atoms with Gasteiger partial charge >= 0.3 is 0 Å². The number of carbonyl (C=O) groups is 2. The van der Waals surface area contributed by atoms with Gasteiger partial charge in [0.05, 0.1) is 5.92 Å². The summed E-state index contributed by atoms with van der Waals surface area (Å²) in [5, 5.41) is 10.9. The number of tetrazole rings is 1. The average molecular weight is 375 g/mol. The number of piperidine rings is 2. The quantitative estimate of drug-likeness (QED) is 0.736. The number of nitrogens with zero attached hydrogens (tertiary/aromatic N) is 7. The molecule has 4 heterocycles. The molecule has 9 nitrogen and oxygen atoms in total. The minimum absolute atomic E-state index is 0.0708. The van der Waals surface area contributed by atoms with Crippen molar-refractivity contribution >= 4 is 11.8 Å². The first-order valence-electron chi connectivity index (χ1n) is 10.2. The highest BCUT2D eigenvalue weighted by molar-refractivity contribution is 5.79. The normalized spacial score (nSPS) is 25.1. The van der Waals surface area contributed by atoms with Gasteiger partial charge in [-0.1, -0.05) is 0 Å². The van der Waals surface area contributed by atoms with Crippen LogP contribution in [0, 0.1) is 5.92 Å². The summed E-state index contributed by atoms with van der Waals surface area (Å²) in [6.07, 6.45) is 7.85. The lowest BCUT2D eigenvalue weighted by atomic mass is 9.93. The second kappa shape index (κ2) is 8.33. The van der Waals surface area contributed by atoms with Crippen molar-refractivity contribution in [2.45, 2.75) is 51.1 Å². The minimum atomic E-state index is 0.0708. The maximum atomic E-state index is 12.7. The van der Waals surface area contributed by atoms with E-state index in [9.17, 15) is 9.59 Å². The Morgan fingerprint density at radius 3 is 2.41 bits per heavy atom. The first-order valence-corrected chi connectivity index (χ1v) is 10.2. The molecule has 0 spiro atoms. The molecule has 1 aromatic heterocycles. The van der Waals surface area contributed by atoms with Crippen LogP contribution in [-0.4, -0.2) is 92.0 Å². The van der Waals surface area contributed by atoms with Crippen LogP contribution < -0.4 is 0 Å². The van der Waals surface area contributed by atoms with Gasteiger partial charge in [0.1, 0.15) is 12.9 Å². The number of rotatable bonds is 4. The van der Waals surface area contributed by atoms with E-state index in [1.807, 2.05) is 4.90 Å². The summed E-state index contributed by atoms with van der Waals surface area (Å²) in [5.41, 5.74) is 0. The molecule has 3 fully saturated rings. The van der Waals surface area contributed by atoms with Gasteiger partial charge in [-0.25, -0.2) is 4.68 Å². The molecular weight excluding hydrogens is 346 g/mol. The molecule has 0 radical (unpaired) electrons. The Bertz CT molecular complexity index is 636. The van der Waals surface area contributed by atoms with Crippen molar-refractivity contribution in [2.75, 3.05) is 39.3 Å². The first-order chi connectivity index (χ1) is 13.2. The van der Waals surface area contributed by atoms with Gasteiger partial charge in [0, 0.05) is 38.8 Å². The summed E-state index contributed by atoms with van der Waals surface area (Å²) < 4.78 is 1.47. The summed E-state index contributed by atoms with van der Waals surface area (Å²) in [7, 11) is 0. The minimum Gasteiger partial charge on any atom is -0.342 e. The molecule has 0 unspecified atom stereocenters. The van der Waals surface area contributed by atoms with Crippen molar-refractivity contribution in [3.8, 4) is 0 Å². The van der Waals surface area contributed by atoms with Crippen molar-refractivity contribution in [3.05, 3.63) is 6.33 Å². The molecule has 3 aliphatic rings. The molecule has 0 saturated carbocycles. The van der Waals surface area contributed by atoms with Crippen LogP contribution in [0.5, 0.6) is 0 Å². The van der Waals surface area contributed by atoms with Gasteiger partial charge in [-0.2, -0.15) is 0 Å². The van der Waals surface area contributed by atoms with Crippen LogP contribution in [0.3, 0.4) is 0 Å². The van der Waals surface area contributed by atoms with Gasteiger partial charge in [0.25, 0.3) is 0 Å². The molecule has 148 valence electrons. The summed E-state index contributed by atoms with van der Waals surface area (Å²) in [4.78, 5) is 31.6. The van der Waals surface area contributed by atoms with E-state index in [1.54, 1.807) is 0 Å². The highest BCUT2D eigenvalue weighted by atomic mass is 16.2. The number of hydrogen-bond acceptors (Lipinski definition) is 6. The molecule has 0 N–H and O–H groups in total. The van der Waals surface area contributed by atoms with Crippen LogP contribution in [0.4, 0.5) is 0 Å². The largest absolute Gasteiger partial charge is 0.342 e. The van der Waals surface area contributed by atoms with Crippen molar-refractivity contribution in [3.63, 3.8) is 0 Å². The lowest BCUT2D eigenvalue weighted by Crippen LogP contribution is -2.52. The van der Waals surface area contributed by atoms with Crippen LogP contribution in [-0.2, 0) is 16.1 Å². The molecule has 1 aromatic rings. The highest BCUT2D eigenvalue weighted by Gasteiger charge is 2.34. The molecule has 2 amide bonds. The zero-order valence-electron chi connectivity index (χ0n) is 15.9. The van der Waals surface area contributed by atoms with Crippen molar-refractivity contribution in [2.24, 2.45) is 5.92 Å². The third kappa shape index (κ3) is 4.28. The van der Waals surface area contributed by atoms with Crippen LogP contribution in [0.1, 0.15) is 38.5 Å². The van der Waals surface area contributed by atoms with Gasteiger partial charge in [0.15, 0.2) is 0 Å². The fourth-order valence-electron chi connectivity index (χ4n) is 4.71. The van der Waals surface area contributed by atoms with E-state index in [0.29, 0.717) is 11.9 Å². The Morgan fingerprint density at radius 2 is 1.70 bits per heavy atom. The second-order valence-corrected chi connectivity index (χ2v) is 7.99. The molecule has 1 atom stereocenters. The SMILES string of the molecule is O=C(Cn1cnnn1)N1CCC(N2CCC[C@@H](C(=O)N3CCCC3)C2)CC1. The van der Waals surface area contributed by atoms with E-state index in [1.165, 1.54) is 11.0 Å². The molecule has 0 bridgehead atoms. The maximum Gasteiger partial charge on any atom is 0.244 e. The highest BCUT2D eigenvalue weighted by Crippen LogP contribution is 2.26. The fraction of sp³-hybridized carbons (Fsp3) is 0.833. The van der Waals surface area contributed by atoms with E-state index >= 15 is 0 Å². The zero-order valence-corrected chi connectivity index (χ0v) is 15.9. The Morgan fingerprint density at radius 1 is 0.926 bits per heavy atom. The van der Waals surface area contributed by atoms with Crippen LogP contribution in [0.15, 0.2) is 6.33 Å². The monoisotopic (exact) mass is 375 g/mol. The van der Waals surface area contributed by atoms with Crippen LogP contribution in [0.2, 0.25) is 0 Å². The zero-order chi connectivity index (χ0) is 18.6. The summed E-state index contributed by atoms with van der Waals surface area (Å²) >= 11 is 0. The Labute approximate surface area is 159 Å². The third-order valence-corrected chi connectivity index (χ3v) is 6.24. The smallest absolute Gasteiger partial charge is 0.244 e. The Kier molecular flexibility index (Phi) is 5.66. The Hall–Kier alpha value is -2.03. The van der Waals surface area contributed by atoms with Gasteiger partial charge < -0.3 is 9.80 Å². The first kappa shape index (κ1) is 18.3.